The van der Waals surface area contributed by atoms with E-state index in [9.17, 15) is 0 Å². The summed E-state index contributed by atoms with van der Waals surface area (Å²) in [7, 11) is 0. The van der Waals surface area contributed by atoms with E-state index in [2.05, 4.69) is 33.0 Å². The first kappa shape index (κ1) is 15.2. The summed E-state index contributed by atoms with van der Waals surface area (Å²) in [6.45, 7) is 11.1. The number of rotatable bonds is 9. The summed E-state index contributed by atoms with van der Waals surface area (Å²) >= 11 is 6.35. The maximum Gasteiger partial charge on any atom is 0.0488 e. The molecular formula is C13H28ClN. The highest BCUT2D eigenvalue weighted by atomic mass is 35.5. The van der Waals surface area contributed by atoms with Crippen LogP contribution in [0, 0.1) is 11.8 Å². The molecule has 0 rings (SSSR count). The third kappa shape index (κ3) is 6.42. The molecule has 0 aromatic carbocycles. The van der Waals surface area contributed by atoms with E-state index in [-0.39, 0.29) is 0 Å². The van der Waals surface area contributed by atoms with Gasteiger partial charge < -0.3 is 5.32 Å². The SMILES string of the molecule is CCC(CC)CNCC(Cl)C(CC)CC. The molecule has 0 spiro atoms. The fourth-order valence-electron chi connectivity index (χ4n) is 1.97. The molecule has 15 heavy (non-hydrogen) atoms. The van der Waals surface area contributed by atoms with Gasteiger partial charge in [0.1, 0.15) is 0 Å². The monoisotopic (exact) mass is 233 g/mol. The predicted molar refractivity (Wildman–Crippen MR) is 70.7 cm³/mol. The second-order valence-corrected chi connectivity index (χ2v) is 4.99. The highest BCUT2D eigenvalue weighted by molar-refractivity contribution is 6.21. The molecule has 0 aliphatic heterocycles. The second-order valence-electron chi connectivity index (χ2n) is 4.43. The first-order chi connectivity index (χ1) is 7.19. The Balaban J connectivity index is 3.65. The molecule has 1 N–H and O–H groups in total. The number of halogens is 1. The van der Waals surface area contributed by atoms with Crippen LogP contribution in [0.25, 0.3) is 0 Å². The average Bonchev–Trinajstić information content (AvgIpc) is 2.26. The molecule has 0 saturated carbocycles. The molecule has 1 atom stereocenters. The number of alkyl halides is 1. The van der Waals surface area contributed by atoms with Crippen LogP contribution in [0.4, 0.5) is 0 Å². The topological polar surface area (TPSA) is 12.0 Å². The predicted octanol–water partition coefficient (Wildman–Crippen LogP) is 4.06. The molecule has 0 amide bonds. The largest absolute Gasteiger partial charge is 0.315 e. The minimum absolute atomic E-state index is 0.300. The zero-order chi connectivity index (χ0) is 11.7. The van der Waals surface area contributed by atoms with Crippen LogP contribution in [0.3, 0.4) is 0 Å². The molecule has 92 valence electrons. The molecule has 1 unspecified atom stereocenters. The van der Waals surface area contributed by atoms with Gasteiger partial charge in [0.25, 0.3) is 0 Å². The van der Waals surface area contributed by atoms with E-state index in [4.69, 9.17) is 11.6 Å². The highest BCUT2D eigenvalue weighted by Gasteiger charge is 2.15. The third-order valence-electron chi connectivity index (χ3n) is 3.49. The second kappa shape index (κ2) is 9.47. The Morgan fingerprint density at radius 2 is 1.40 bits per heavy atom. The van der Waals surface area contributed by atoms with Gasteiger partial charge in [0.05, 0.1) is 0 Å². The molecule has 0 radical (unpaired) electrons. The summed E-state index contributed by atoms with van der Waals surface area (Å²) in [4.78, 5) is 0. The van der Waals surface area contributed by atoms with Crippen LogP contribution in [0.1, 0.15) is 53.4 Å². The van der Waals surface area contributed by atoms with Gasteiger partial charge in [-0.2, -0.15) is 0 Å². The van der Waals surface area contributed by atoms with Gasteiger partial charge in [-0.1, -0.05) is 53.4 Å². The Kier molecular flexibility index (Phi) is 9.63. The number of hydrogen-bond donors (Lipinski definition) is 1. The van der Waals surface area contributed by atoms with Crippen molar-refractivity contribution in [1.29, 1.82) is 0 Å². The van der Waals surface area contributed by atoms with Crippen molar-refractivity contribution in [2.75, 3.05) is 13.1 Å². The standard InChI is InChI=1S/C13H28ClN/c1-5-11(6-2)9-15-10-13(14)12(7-3)8-4/h11-13,15H,5-10H2,1-4H3. The lowest BCUT2D eigenvalue weighted by molar-refractivity contribution is 0.409. The third-order valence-corrected chi connectivity index (χ3v) is 4.00. The van der Waals surface area contributed by atoms with Crippen molar-refractivity contribution in [2.24, 2.45) is 11.8 Å². The molecular weight excluding hydrogens is 206 g/mol. The Morgan fingerprint density at radius 1 is 0.867 bits per heavy atom. The highest BCUT2D eigenvalue weighted by Crippen LogP contribution is 2.17. The van der Waals surface area contributed by atoms with Gasteiger partial charge >= 0.3 is 0 Å². The average molecular weight is 234 g/mol. The van der Waals surface area contributed by atoms with Crippen LogP contribution < -0.4 is 5.32 Å². The summed E-state index contributed by atoms with van der Waals surface area (Å²) < 4.78 is 0. The van der Waals surface area contributed by atoms with Crippen molar-refractivity contribution >= 4 is 11.6 Å². The number of hydrogen-bond acceptors (Lipinski definition) is 1. The molecule has 0 fully saturated rings. The molecule has 0 aliphatic carbocycles. The first-order valence-electron chi connectivity index (χ1n) is 6.54. The van der Waals surface area contributed by atoms with Crippen LogP contribution in [0.5, 0.6) is 0 Å². The van der Waals surface area contributed by atoms with Gasteiger partial charge in [-0.3, -0.25) is 0 Å². The maximum absolute atomic E-state index is 6.35. The van der Waals surface area contributed by atoms with Gasteiger partial charge in [0, 0.05) is 11.9 Å². The lowest BCUT2D eigenvalue weighted by Crippen LogP contribution is -2.31. The Morgan fingerprint density at radius 3 is 1.80 bits per heavy atom. The molecule has 0 aliphatic rings. The lowest BCUT2D eigenvalue weighted by Gasteiger charge is -2.21. The van der Waals surface area contributed by atoms with Crippen LogP contribution >= 0.6 is 11.6 Å². The molecule has 0 bridgehead atoms. The molecule has 0 saturated heterocycles. The first-order valence-corrected chi connectivity index (χ1v) is 6.97. The summed E-state index contributed by atoms with van der Waals surface area (Å²) in [5.41, 5.74) is 0. The molecule has 0 aromatic rings. The Bertz CT molecular complexity index is 130. The van der Waals surface area contributed by atoms with Crippen molar-refractivity contribution in [1.82, 2.24) is 5.32 Å². The fourth-order valence-corrected chi connectivity index (χ4v) is 2.44. The van der Waals surface area contributed by atoms with Crippen LogP contribution in [0.15, 0.2) is 0 Å². The van der Waals surface area contributed by atoms with Crippen molar-refractivity contribution in [3.8, 4) is 0 Å². The maximum atomic E-state index is 6.35. The van der Waals surface area contributed by atoms with Gasteiger partial charge in [-0.15, -0.1) is 11.6 Å². The van der Waals surface area contributed by atoms with Crippen LogP contribution in [0.2, 0.25) is 0 Å². The quantitative estimate of drug-likeness (QED) is 0.593. The van der Waals surface area contributed by atoms with Gasteiger partial charge in [-0.05, 0) is 18.4 Å². The van der Waals surface area contributed by atoms with Gasteiger partial charge in [0.15, 0.2) is 0 Å². The van der Waals surface area contributed by atoms with E-state index in [1.807, 2.05) is 0 Å². The van der Waals surface area contributed by atoms with Crippen molar-refractivity contribution in [2.45, 2.75) is 58.8 Å². The van der Waals surface area contributed by atoms with Gasteiger partial charge in [-0.25, -0.2) is 0 Å². The fraction of sp³-hybridized carbons (Fsp3) is 1.00. The van der Waals surface area contributed by atoms with E-state index >= 15 is 0 Å². The van der Waals surface area contributed by atoms with E-state index in [0.29, 0.717) is 11.3 Å². The van der Waals surface area contributed by atoms with E-state index in [1.165, 1.54) is 25.7 Å². The number of nitrogens with one attached hydrogen (secondary N) is 1. The van der Waals surface area contributed by atoms with E-state index < -0.39 is 0 Å². The zero-order valence-electron chi connectivity index (χ0n) is 10.9. The molecule has 0 aromatic heterocycles. The smallest absolute Gasteiger partial charge is 0.0488 e. The van der Waals surface area contributed by atoms with Crippen molar-refractivity contribution in [3.63, 3.8) is 0 Å². The Hall–Kier alpha value is 0.250. The summed E-state index contributed by atoms with van der Waals surface area (Å²) in [6, 6.07) is 0. The van der Waals surface area contributed by atoms with Gasteiger partial charge in [0.2, 0.25) is 0 Å². The minimum atomic E-state index is 0.300. The van der Waals surface area contributed by atoms with Crippen molar-refractivity contribution in [3.05, 3.63) is 0 Å². The van der Waals surface area contributed by atoms with E-state index in [1.54, 1.807) is 0 Å². The minimum Gasteiger partial charge on any atom is -0.315 e. The van der Waals surface area contributed by atoms with E-state index in [0.717, 1.165) is 19.0 Å². The van der Waals surface area contributed by atoms with Crippen LogP contribution in [-0.4, -0.2) is 18.5 Å². The molecule has 2 heteroatoms. The summed E-state index contributed by atoms with van der Waals surface area (Å²) in [6.07, 6.45) is 4.91. The van der Waals surface area contributed by atoms with Crippen molar-refractivity contribution < 1.29 is 0 Å². The zero-order valence-corrected chi connectivity index (χ0v) is 11.6. The molecule has 1 nitrogen and oxygen atoms in total. The summed E-state index contributed by atoms with van der Waals surface area (Å²) in [5.74, 6) is 1.48. The molecule has 0 heterocycles. The lowest BCUT2D eigenvalue weighted by atomic mass is 9.98. The van der Waals surface area contributed by atoms with Crippen LogP contribution in [-0.2, 0) is 0 Å². The summed E-state index contributed by atoms with van der Waals surface area (Å²) in [5, 5.41) is 3.80. The Labute approximate surface area is 101 Å². The normalized spacial score (nSPS) is 13.8.